The van der Waals surface area contributed by atoms with Crippen LogP contribution in [0.5, 0.6) is 0 Å². The van der Waals surface area contributed by atoms with Crippen molar-refractivity contribution in [2.24, 2.45) is 0 Å². The number of rotatable bonds is 3. The van der Waals surface area contributed by atoms with E-state index < -0.39 is 16.8 Å². The molecular weight excluding hydrogens is 284 g/mol. The lowest BCUT2D eigenvalue weighted by atomic mass is 10.0. The first kappa shape index (κ1) is 13.5. The summed E-state index contributed by atoms with van der Waals surface area (Å²) in [7, 11) is -1.41. The Kier molecular flexibility index (Phi) is 3.54. The standard InChI is InChI=1S/C17H12O3S/c18-17(19)14-10-4-6-12-7-5-11-15(16(12)14)21(20)13-8-2-1-3-9-13/h1-11H,(H,18,19). The Labute approximate surface area is 124 Å². The van der Waals surface area contributed by atoms with Crippen molar-refractivity contribution in [3.8, 4) is 0 Å². The molecule has 0 saturated carbocycles. The fourth-order valence-corrected chi connectivity index (χ4v) is 3.58. The summed E-state index contributed by atoms with van der Waals surface area (Å²) in [6.45, 7) is 0. The molecule has 1 unspecified atom stereocenters. The molecule has 21 heavy (non-hydrogen) atoms. The molecule has 4 heteroatoms. The van der Waals surface area contributed by atoms with Crippen LogP contribution in [0.2, 0.25) is 0 Å². The predicted molar refractivity (Wildman–Crippen MR) is 82.0 cm³/mol. The summed E-state index contributed by atoms with van der Waals surface area (Å²) in [4.78, 5) is 12.6. The van der Waals surface area contributed by atoms with Gasteiger partial charge in [0.15, 0.2) is 0 Å². The van der Waals surface area contributed by atoms with Gasteiger partial charge in [-0.25, -0.2) is 9.00 Å². The molecule has 3 nitrogen and oxygen atoms in total. The highest BCUT2D eigenvalue weighted by atomic mass is 32.2. The predicted octanol–water partition coefficient (Wildman–Crippen LogP) is 3.70. The van der Waals surface area contributed by atoms with E-state index in [0.29, 0.717) is 15.2 Å². The fourth-order valence-electron chi connectivity index (χ4n) is 2.31. The minimum atomic E-state index is -1.41. The molecule has 1 N–H and O–H groups in total. The van der Waals surface area contributed by atoms with Gasteiger partial charge in [-0.3, -0.25) is 0 Å². The van der Waals surface area contributed by atoms with Gasteiger partial charge in [0.1, 0.15) is 0 Å². The Morgan fingerprint density at radius 3 is 2.19 bits per heavy atom. The second kappa shape index (κ2) is 5.50. The van der Waals surface area contributed by atoms with Crippen molar-refractivity contribution in [2.45, 2.75) is 9.79 Å². The summed E-state index contributed by atoms with van der Waals surface area (Å²) in [5.41, 5.74) is 0.174. The lowest BCUT2D eigenvalue weighted by molar-refractivity contribution is 0.0699. The van der Waals surface area contributed by atoms with Crippen LogP contribution in [0.25, 0.3) is 10.8 Å². The first-order valence-electron chi connectivity index (χ1n) is 6.40. The number of carboxylic acids is 1. The van der Waals surface area contributed by atoms with Gasteiger partial charge < -0.3 is 5.11 Å². The maximum Gasteiger partial charge on any atom is 0.336 e. The van der Waals surface area contributed by atoms with E-state index in [1.54, 1.807) is 30.3 Å². The van der Waals surface area contributed by atoms with E-state index in [-0.39, 0.29) is 5.56 Å². The van der Waals surface area contributed by atoms with Crippen LogP contribution in [0, 0.1) is 0 Å². The fraction of sp³-hybridized carbons (Fsp3) is 0. The van der Waals surface area contributed by atoms with Crippen LogP contribution in [-0.2, 0) is 10.8 Å². The summed E-state index contributed by atoms with van der Waals surface area (Å²) >= 11 is 0. The van der Waals surface area contributed by atoms with Gasteiger partial charge in [0, 0.05) is 10.3 Å². The van der Waals surface area contributed by atoms with Crippen molar-refractivity contribution < 1.29 is 14.1 Å². The summed E-state index contributed by atoms with van der Waals surface area (Å²) in [5, 5.41) is 10.7. The van der Waals surface area contributed by atoms with Crippen LogP contribution in [0.4, 0.5) is 0 Å². The van der Waals surface area contributed by atoms with E-state index >= 15 is 0 Å². The summed E-state index contributed by atoms with van der Waals surface area (Å²) in [6.07, 6.45) is 0. The van der Waals surface area contributed by atoms with E-state index in [1.807, 2.05) is 30.3 Å². The van der Waals surface area contributed by atoms with E-state index in [2.05, 4.69) is 0 Å². The molecule has 0 bridgehead atoms. The number of benzene rings is 3. The van der Waals surface area contributed by atoms with Gasteiger partial charge in [0.25, 0.3) is 0 Å². The maximum atomic E-state index is 12.8. The summed E-state index contributed by atoms with van der Waals surface area (Å²) in [6, 6.07) is 19.4. The van der Waals surface area contributed by atoms with Crippen molar-refractivity contribution >= 4 is 27.5 Å². The molecule has 0 amide bonds. The molecule has 0 radical (unpaired) electrons. The Morgan fingerprint density at radius 2 is 1.52 bits per heavy atom. The normalized spacial score (nSPS) is 12.2. The molecule has 1 atom stereocenters. The molecule has 104 valence electrons. The first-order chi connectivity index (χ1) is 10.2. The topological polar surface area (TPSA) is 54.4 Å². The molecule has 0 aliphatic carbocycles. The van der Waals surface area contributed by atoms with E-state index in [0.717, 1.165) is 5.39 Å². The zero-order valence-corrected chi connectivity index (χ0v) is 11.8. The highest BCUT2D eigenvalue weighted by Crippen LogP contribution is 2.28. The maximum absolute atomic E-state index is 12.8. The third kappa shape index (κ3) is 2.45. The average Bonchev–Trinajstić information content (AvgIpc) is 2.53. The lowest BCUT2D eigenvalue weighted by Crippen LogP contribution is -2.01. The van der Waals surface area contributed by atoms with Gasteiger partial charge in [-0.1, -0.05) is 42.5 Å². The molecule has 0 fully saturated rings. The van der Waals surface area contributed by atoms with Crippen molar-refractivity contribution in [3.05, 3.63) is 72.3 Å². The van der Waals surface area contributed by atoms with E-state index in [4.69, 9.17) is 0 Å². The van der Waals surface area contributed by atoms with Crippen LogP contribution in [0.1, 0.15) is 10.4 Å². The van der Waals surface area contributed by atoms with Crippen LogP contribution in [0.15, 0.2) is 76.5 Å². The largest absolute Gasteiger partial charge is 0.478 e. The average molecular weight is 296 g/mol. The number of hydrogen-bond acceptors (Lipinski definition) is 2. The van der Waals surface area contributed by atoms with Crippen molar-refractivity contribution in [1.82, 2.24) is 0 Å². The van der Waals surface area contributed by atoms with Gasteiger partial charge >= 0.3 is 5.97 Å². The molecule has 0 heterocycles. The molecule has 3 rings (SSSR count). The molecule has 0 spiro atoms. The Bertz CT molecular complexity index is 836. The minimum absolute atomic E-state index is 0.174. The number of fused-ring (bicyclic) bond motifs is 1. The Hall–Kier alpha value is -2.46. The highest BCUT2D eigenvalue weighted by molar-refractivity contribution is 7.85. The zero-order chi connectivity index (χ0) is 14.8. The van der Waals surface area contributed by atoms with Crippen molar-refractivity contribution in [1.29, 1.82) is 0 Å². The summed E-state index contributed by atoms with van der Waals surface area (Å²) < 4.78 is 12.8. The zero-order valence-electron chi connectivity index (χ0n) is 11.0. The monoisotopic (exact) mass is 296 g/mol. The first-order valence-corrected chi connectivity index (χ1v) is 7.55. The molecule has 0 saturated heterocycles. The van der Waals surface area contributed by atoms with E-state index in [1.165, 1.54) is 6.07 Å². The number of hydrogen-bond donors (Lipinski definition) is 1. The van der Waals surface area contributed by atoms with Crippen LogP contribution in [-0.4, -0.2) is 15.3 Å². The van der Waals surface area contributed by atoms with Crippen molar-refractivity contribution in [2.75, 3.05) is 0 Å². The molecular formula is C17H12O3S. The van der Waals surface area contributed by atoms with Gasteiger partial charge in [0.2, 0.25) is 0 Å². The Balaban J connectivity index is 2.28. The quantitative estimate of drug-likeness (QED) is 0.801. The number of carboxylic acid groups (broad SMARTS) is 1. The van der Waals surface area contributed by atoms with Gasteiger partial charge in [0.05, 0.1) is 21.3 Å². The number of aromatic carboxylic acids is 1. The van der Waals surface area contributed by atoms with Crippen molar-refractivity contribution in [3.63, 3.8) is 0 Å². The third-order valence-corrected chi connectivity index (χ3v) is 4.69. The molecule has 3 aromatic rings. The Morgan fingerprint density at radius 1 is 0.857 bits per heavy atom. The molecule has 0 aliphatic heterocycles. The molecule has 0 aromatic heterocycles. The van der Waals surface area contributed by atoms with Crippen LogP contribution in [0.3, 0.4) is 0 Å². The van der Waals surface area contributed by atoms with Crippen LogP contribution < -0.4 is 0 Å². The highest BCUT2D eigenvalue weighted by Gasteiger charge is 2.16. The van der Waals surface area contributed by atoms with Gasteiger partial charge in [-0.15, -0.1) is 0 Å². The number of carbonyl (C=O) groups is 1. The lowest BCUT2D eigenvalue weighted by Gasteiger charge is -2.09. The minimum Gasteiger partial charge on any atom is -0.478 e. The SMILES string of the molecule is O=C(O)c1cccc2cccc(S(=O)c3ccccc3)c12. The summed E-state index contributed by atoms with van der Waals surface area (Å²) in [5.74, 6) is -1.02. The van der Waals surface area contributed by atoms with E-state index in [9.17, 15) is 14.1 Å². The van der Waals surface area contributed by atoms with Gasteiger partial charge in [-0.2, -0.15) is 0 Å². The molecule has 3 aromatic carbocycles. The van der Waals surface area contributed by atoms with Gasteiger partial charge in [-0.05, 0) is 29.7 Å². The second-order valence-corrected chi connectivity index (χ2v) is 6.00. The third-order valence-electron chi connectivity index (χ3n) is 3.25. The molecule has 0 aliphatic rings. The van der Waals surface area contributed by atoms with Crippen LogP contribution >= 0.6 is 0 Å². The second-order valence-electron chi connectivity index (χ2n) is 4.55. The smallest absolute Gasteiger partial charge is 0.336 e.